The quantitative estimate of drug-likeness (QED) is 0.0713. The number of aromatic nitrogens is 10. The van der Waals surface area contributed by atoms with Crippen molar-refractivity contribution in [3.63, 3.8) is 0 Å². The molecule has 0 saturated heterocycles. The molecule has 4 aromatic heterocycles. The minimum atomic E-state index is -3.81. The van der Waals surface area contributed by atoms with E-state index >= 15 is 0 Å². The predicted octanol–water partition coefficient (Wildman–Crippen LogP) is 3.18. The van der Waals surface area contributed by atoms with Crippen molar-refractivity contribution < 1.29 is 27.6 Å². The first kappa shape index (κ1) is 45.7. The Hall–Kier alpha value is -6.81. The highest BCUT2D eigenvalue weighted by Crippen LogP contribution is 2.16. The molecule has 22 heteroatoms. The van der Waals surface area contributed by atoms with Crippen LogP contribution in [0.3, 0.4) is 0 Å². The van der Waals surface area contributed by atoms with E-state index in [-0.39, 0.29) is 59.1 Å². The van der Waals surface area contributed by atoms with Crippen molar-refractivity contribution in [2.45, 2.75) is 69.4 Å². The normalized spacial score (nSPS) is 11.2. The van der Waals surface area contributed by atoms with Crippen LogP contribution in [0.4, 0.5) is 11.6 Å². The maximum absolute atomic E-state index is 13.1. The summed E-state index contributed by atoms with van der Waals surface area (Å²) in [5.74, 6) is -1.17. The number of aryl methyl sites for hydroxylation is 4. The van der Waals surface area contributed by atoms with Gasteiger partial charge in [0, 0.05) is 31.2 Å². The lowest BCUT2D eigenvalue weighted by Gasteiger charge is -2.08. The summed E-state index contributed by atoms with van der Waals surface area (Å²) in [5, 5.41) is 42.9. The monoisotopic (exact) mass is 940 g/mol. The number of halogens is 1. The standard InChI is InChI=1S/C41H45BrN14O6S/c1-43-40(59)34-26-55(53-49-34)19-4-2-11-31-15-17-37(52-48-31)46-39(58)25-29-9-7-13-33(23-29)63(61,62)21-18-44-41(60)35-27-56(54-50-35)20-5-3-12-32-14-16-36(51-47-32)45-38(57)24-28-8-6-10-30(42)22-28/h6-10,13-17,22-23,26-27H,2-5,11-12,18-21,24-25H2,1H3,(H,43,59)(H,44,60)(H,45,51,57)(H,46,52,58). The van der Waals surface area contributed by atoms with Crippen LogP contribution in [0.25, 0.3) is 0 Å². The van der Waals surface area contributed by atoms with Gasteiger partial charge in [-0.25, -0.2) is 8.42 Å². The highest BCUT2D eigenvalue weighted by atomic mass is 79.9. The van der Waals surface area contributed by atoms with Gasteiger partial charge in [-0.3, -0.25) is 28.5 Å². The van der Waals surface area contributed by atoms with E-state index in [1.54, 1.807) is 45.9 Å². The molecule has 20 nitrogen and oxygen atoms in total. The van der Waals surface area contributed by atoms with Crippen molar-refractivity contribution in [3.8, 4) is 0 Å². The molecule has 328 valence electrons. The largest absolute Gasteiger partial charge is 0.354 e. The maximum Gasteiger partial charge on any atom is 0.273 e. The van der Waals surface area contributed by atoms with E-state index in [0.717, 1.165) is 47.1 Å². The summed E-state index contributed by atoms with van der Waals surface area (Å²) in [7, 11) is -2.28. The van der Waals surface area contributed by atoms with Crippen LogP contribution < -0.4 is 21.3 Å². The summed E-state index contributed by atoms with van der Waals surface area (Å²) in [6.07, 6.45) is 7.57. The number of amides is 4. The number of carbonyl (C=O) groups is 4. The van der Waals surface area contributed by atoms with Gasteiger partial charge in [-0.05, 0) is 98.2 Å². The van der Waals surface area contributed by atoms with Crippen LogP contribution in [-0.4, -0.2) is 102 Å². The topological polar surface area (TPSA) is 264 Å². The molecular formula is C41H45BrN14O6S. The summed E-state index contributed by atoms with van der Waals surface area (Å²) in [5.41, 5.74) is 3.18. The van der Waals surface area contributed by atoms with E-state index in [4.69, 9.17) is 0 Å². The van der Waals surface area contributed by atoms with Crippen LogP contribution in [0.5, 0.6) is 0 Å². The van der Waals surface area contributed by atoms with Gasteiger partial charge in [0.2, 0.25) is 11.8 Å². The molecule has 0 bridgehead atoms. The number of unbranched alkanes of at least 4 members (excludes halogenated alkanes) is 2. The molecule has 6 rings (SSSR count). The Kier molecular flexibility index (Phi) is 16.2. The molecule has 0 saturated carbocycles. The molecule has 4 N–H and O–H groups in total. The lowest BCUT2D eigenvalue weighted by Crippen LogP contribution is -2.29. The van der Waals surface area contributed by atoms with E-state index in [2.05, 4.69) is 78.2 Å². The molecule has 0 aliphatic rings. The zero-order chi connectivity index (χ0) is 44.6. The highest BCUT2D eigenvalue weighted by Gasteiger charge is 2.18. The molecule has 0 spiro atoms. The highest BCUT2D eigenvalue weighted by molar-refractivity contribution is 9.10. The third-order valence-electron chi connectivity index (χ3n) is 9.42. The van der Waals surface area contributed by atoms with Gasteiger partial charge in [0.05, 0.1) is 47.3 Å². The molecule has 4 amide bonds. The third-order valence-corrected chi connectivity index (χ3v) is 11.6. The fourth-order valence-electron chi connectivity index (χ4n) is 6.18. The summed E-state index contributed by atoms with van der Waals surface area (Å²) >= 11 is 3.40. The lowest BCUT2D eigenvalue weighted by atomic mass is 10.1. The van der Waals surface area contributed by atoms with Gasteiger partial charge < -0.3 is 21.3 Å². The predicted molar refractivity (Wildman–Crippen MR) is 233 cm³/mol. The average molecular weight is 942 g/mol. The van der Waals surface area contributed by atoms with Crippen LogP contribution >= 0.6 is 15.9 Å². The van der Waals surface area contributed by atoms with Crippen molar-refractivity contribution in [3.05, 3.63) is 124 Å². The minimum absolute atomic E-state index is 0.0223. The molecular weight excluding hydrogens is 897 g/mol. The van der Waals surface area contributed by atoms with E-state index in [1.165, 1.54) is 25.4 Å². The summed E-state index contributed by atoms with van der Waals surface area (Å²) in [4.78, 5) is 49.6. The molecule has 63 heavy (non-hydrogen) atoms. The molecule has 0 atom stereocenters. The average Bonchev–Trinajstić information content (AvgIpc) is 3.95. The smallest absolute Gasteiger partial charge is 0.273 e. The second-order valence-corrected chi connectivity index (χ2v) is 17.4. The first-order valence-electron chi connectivity index (χ1n) is 20.0. The Bertz CT molecular complexity index is 2620. The van der Waals surface area contributed by atoms with Crippen LogP contribution in [0.1, 0.15) is 69.2 Å². The minimum Gasteiger partial charge on any atom is -0.354 e. The Morgan fingerprint density at radius 3 is 1.70 bits per heavy atom. The molecule has 0 aliphatic heterocycles. The van der Waals surface area contributed by atoms with Gasteiger partial charge in [0.15, 0.2) is 32.9 Å². The van der Waals surface area contributed by atoms with Gasteiger partial charge in [-0.2, -0.15) is 10.2 Å². The van der Waals surface area contributed by atoms with Crippen molar-refractivity contribution in [1.82, 2.24) is 61.0 Å². The van der Waals surface area contributed by atoms with Gasteiger partial charge in [-0.15, -0.1) is 20.4 Å². The summed E-state index contributed by atoms with van der Waals surface area (Å²) in [6, 6.07) is 20.6. The molecule has 0 unspecified atom stereocenters. The van der Waals surface area contributed by atoms with E-state index < -0.39 is 21.7 Å². The van der Waals surface area contributed by atoms with Crippen molar-refractivity contribution >= 4 is 61.0 Å². The number of sulfone groups is 1. The maximum atomic E-state index is 13.1. The van der Waals surface area contributed by atoms with Crippen LogP contribution in [0.15, 0.2) is 94.6 Å². The van der Waals surface area contributed by atoms with E-state index in [0.29, 0.717) is 37.3 Å². The molecule has 0 radical (unpaired) electrons. The molecule has 4 heterocycles. The Labute approximate surface area is 371 Å². The zero-order valence-corrected chi connectivity index (χ0v) is 36.7. The first-order valence-corrected chi connectivity index (χ1v) is 22.5. The molecule has 0 aliphatic carbocycles. The second kappa shape index (κ2) is 22.3. The number of nitrogens with one attached hydrogen (secondary N) is 4. The van der Waals surface area contributed by atoms with Crippen molar-refractivity contribution in [1.29, 1.82) is 0 Å². The summed E-state index contributed by atoms with van der Waals surface area (Å²) in [6.45, 7) is 0.927. The number of carbonyl (C=O) groups excluding carboxylic acids is 4. The summed E-state index contributed by atoms with van der Waals surface area (Å²) < 4.78 is 30.4. The fourth-order valence-corrected chi connectivity index (χ4v) is 7.85. The van der Waals surface area contributed by atoms with Gasteiger partial charge >= 0.3 is 0 Å². The number of hydrogen-bond acceptors (Lipinski definition) is 14. The Morgan fingerprint density at radius 2 is 1.17 bits per heavy atom. The molecule has 0 fully saturated rings. The van der Waals surface area contributed by atoms with E-state index in [9.17, 15) is 27.6 Å². The Morgan fingerprint density at radius 1 is 0.635 bits per heavy atom. The fraction of sp³-hybridized carbons (Fsp3) is 0.317. The zero-order valence-electron chi connectivity index (χ0n) is 34.3. The van der Waals surface area contributed by atoms with Crippen LogP contribution in [-0.2, 0) is 58.2 Å². The second-order valence-electron chi connectivity index (χ2n) is 14.3. The van der Waals surface area contributed by atoms with Crippen molar-refractivity contribution in [2.75, 3.05) is 30.0 Å². The van der Waals surface area contributed by atoms with E-state index in [1.807, 2.05) is 30.3 Å². The third kappa shape index (κ3) is 14.4. The molecule has 6 aromatic rings. The number of nitrogens with zero attached hydrogens (tertiary/aromatic N) is 10. The number of anilines is 2. The van der Waals surface area contributed by atoms with Gasteiger partial charge in [0.25, 0.3) is 11.8 Å². The number of rotatable bonds is 22. The van der Waals surface area contributed by atoms with Gasteiger partial charge in [0.1, 0.15) is 0 Å². The lowest BCUT2D eigenvalue weighted by molar-refractivity contribution is -0.116. The van der Waals surface area contributed by atoms with Gasteiger partial charge in [-0.1, -0.05) is 50.6 Å². The number of hydrogen-bond donors (Lipinski definition) is 4. The molecule has 2 aromatic carbocycles. The SMILES string of the molecule is CNC(=O)c1cn(CCCCc2ccc(NC(=O)Cc3cccc(S(=O)(=O)CCNC(=O)c4cn(CCCCc5ccc(NC(=O)Cc6cccc(Br)c6)nn5)nn4)c3)nn2)nn1. The Balaban J connectivity index is 0.860. The van der Waals surface area contributed by atoms with Crippen molar-refractivity contribution in [2.24, 2.45) is 0 Å². The van der Waals surface area contributed by atoms with Crippen LogP contribution in [0.2, 0.25) is 0 Å². The van der Waals surface area contributed by atoms with Crippen LogP contribution in [0, 0.1) is 0 Å². The number of benzene rings is 2. The first-order chi connectivity index (χ1) is 30.4.